The Morgan fingerprint density at radius 2 is 0.674 bits per heavy atom. The summed E-state index contributed by atoms with van der Waals surface area (Å²) in [6.45, 7) is 16.4. The van der Waals surface area contributed by atoms with Gasteiger partial charge in [-0.05, 0) is 88.0 Å². The van der Waals surface area contributed by atoms with Crippen LogP contribution in [0.2, 0.25) is 12.1 Å². The van der Waals surface area contributed by atoms with Gasteiger partial charge in [0, 0.05) is 58.3 Å². The third kappa shape index (κ3) is 19.7. The standard InChI is InChI=1S/2C12H25F3O4Si.C2H6O/c2*1-5-17-20(18-6-2,19-7-3)10-8-9-11(4,16)12(13,14)15;1-2-3/h2*16H,5-10H2,1-4H3;3H,2H2,1H3. The number of aliphatic hydroxyl groups is 3. The number of alkyl halides is 6. The normalized spacial score (nSPS) is 15.5. The van der Waals surface area contributed by atoms with E-state index in [-0.39, 0.29) is 31.5 Å². The van der Waals surface area contributed by atoms with Gasteiger partial charge < -0.3 is 41.9 Å². The van der Waals surface area contributed by atoms with Gasteiger partial charge in [0.2, 0.25) is 0 Å². The van der Waals surface area contributed by atoms with Crippen LogP contribution in [0.25, 0.3) is 0 Å². The Kier molecular flexibility index (Phi) is 25.2. The summed E-state index contributed by atoms with van der Waals surface area (Å²) in [5.74, 6) is 0. The summed E-state index contributed by atoms with van der Waals surface area (Å²) in [7, 11) is -5.87. The highest BCUT2D eigenvalue weighted by molar-refractivity contribution is 6.61. The minimum atomic E-state index is -4.64. The Labute approximate surface area is 255 Å². The summed E-state index contributed by atoms with van der Waals surface area (Å²) in [6, 6.07) is 0.517. The summed E-state index contributed by atoms with van der Waals surface area (Å²) in [5, 5.41) is 26.4. The SMILES string of the molecule is CCO.CCO[Si](CCCC(C)(O)C(F)(F)F)(OCC)OCC.CCO[Si](CCCC(C)(O)C(F)(F)F)(OCC)OCC. The van der Waals surface area contributed by atoms with E-state index in [4.69, 9.17) is 31.7 Å². The van der Waals surface area contributed by atoms with E-state index in [0.717, 1.165) is 13.8 Å². The van der Waals surface area contributed by atoms with Crippen LogP contribution in [0.3, 0.4) is 0 Å². The van der Waals surface area contributed by atoms with Gasteiger partial charge in [-0.3, -0.25) is 0 Å². The van der Waals surface area contributed by atoms with Crippen molar-refractivity contribution < 1.29 is 68.2 Å². The predicted molar refractivity (Wildman–Crippen MR) is 155 cm³/mol. The largest absolute Gasteiger partial charge is 0.500 e. The van der Waals surface area contributed by atoms with Gasteiger partial charge in [0.25, 0.3) is 0 Å². The van der Waals surface area contributed by atoms with Gasteiger partial charge in [-0.1, -0.05) is 0 Å². The Bertz CT molecular complexity index is 582. The van der Waals surface area contributed by atoms with Crippen molar-refractivity contribution in [3.63, 3.8) is 0 Å². The molecule has 0 bridgehead atoms. The number of rotatable bonds is 20. The molecule has 0 aromatic carbocycles. The molecule has 43 heavy (non-hydrogen) atoms. The number of aliphatic hydroxyl groups excluding tert-OH is 1. The van der Waals surface area contributed by atoms with Gasteiger partial charge in [0.1, 0.15) is 0 Å². The van der Waals surface area contributed by atoms with Crippen LogP contribution in [0.15, 0.2) is 0 Å². The second-order valence-corrected chi connectivity index (χ2v) is 15.0. The minimum absolute atomic E-state index is 0.124. The molecule has 0 rings (SSSR count). The molecule has 3 N–H and O–H groups in total. The minimum Gasteiger partial charge on any atom is -0.397 e. The molecule has 0 saturated heterocycles. The van der Waals surface area contributed by atoms with Crippen molar-refractivity contribution in [1.29, 1.82) is 0 Å². The highest BCUT2D eigenvalue weighted by atomic mass is 28.4. The Balaban J connectivity index is -0.000000681. The van der Waals surface area contributed by atoms with E-state index in [2.05, 4.69) is 0 Å². The average molecular weight is 683 g/mol. The fraction of sp³-hybridized carbons (Fsp3) is 1.00. The lowest BCUT2D eigenvalue weighted by Gasteiger charge is -2.30. The molecule has 2 unspecified atom stereocenters. The average Bonchev–Trinajstić information content (AvgIpc) is 2.84. The second-order valence-electron chi connectivity index (χ2n) is 9.53. The first-order chi connectivity index (χ1) is 19.7. The lowest BCUT2D eigenvalue weighted by atomic mass is 10.0. The molecule has 0 aliphatic heterocycles. The van der Waals surface area contributed by atoms with E-state index >= 15 is 0 Å². The van der Waals surface area contributed by atoms with Gasteiger partial charge in [-0.2, -0.15) is 26.3 Å². The van der Waals surface area contributed by atoms with Crippen LogP contribution in [0.5, 0.6) is 0 Å². The van der Waals surface area contributed by atoms with Gasteiger partial charge in [-0.15, -0.1) is 0 Å². The van der Waals surface area contributed by atoms with E-state index in [1.54, 1.807) is 48.5 Å². The van der Waals surface area contributed by atoms with Crippen LogP contribution in [0, 0.1) is 0 Å². The lowest BCUT2D eigenvalue weighted by Crippen LogP contribution is -2.47. The molecule has 0 saturated carbocycles. The van der Waals surface area contributed by atoms with Crippen molar-refractivity contribution in [2.45, 2.75) is 124 Å². The highest BCUT2D eigenvalue weighted by Gasteiger charge is 2.51. The van der Waals surface area contributed by atoms with Crippen molar-refractivity contribution >= 4 is 17.6 Å². The quantitative estimate of drug-likeness (QED) is 0.101. The van der Waals surface area contributed by atoms with Crippen molar-refractivity contribution in [2.75, 3.05) is 46.2 Å². The Morgan fingerprint density at radius 1 is 0.488 bits per heavy atom. The first kappa shape index (κ1) is 47.1. The zero-order valence-corrected chi connectivity index (χ0v) is 29.3. The monoisotopic (exact) mass is 682 g/mol. The van der Waals surface area contributed by atoms with Gasteiger partial charge in [0.15, 0.2) is 11.2 Å². The molecule has 9 nitrogen and oxygen atoms in total. The van der Waals surface area contributed by atoms with Crippen molar-refractivity contribution in [3.8, 4) is 0 Å². The first-order valence-electron chi connectivity index (χ1n) is 14.7. The highest BCUT2D eigenvalue weighted by Crippen LogP contribution is 2.36. The van der Waals surface area contributed by atoms with Crippen molar-refractivity contribution in [2.24, 2.45) is 0 Å². The fourth-order valence-corrected chi connectivity index (χ4v) is 8.81. The number of halogens is 6. The number of hydrogen-bond donors (Lipinski definition) is 3. The summed E-state index contributed by atoms with van der Waals surface area (Å²) in [4.78, 5) is 0. The topological polar surface area (TPSA) is 116 Å². The smallest absolute Gasteiger partial charge is 0.397 e. The molecule has 0 aromatic heterocycles. The van der Waals surface area contributed by atoms with Crippen LogP contribution in [0.1, 0.15) is 88.0 Å². The zero-order valence-electron chi connectivity index (χ0n) is 27.3. The molecule has 0 radical (unpaired) electrons. The van der Waals surface area contributed by atoms with Crippen molar-refractivity contribution in [1.82, 2.24) is 0 Å². The van der Waals surface area contributed by atoms with Crippen LogP contribution < -0.4 is 0 Å². The summed E-state index contributed by atoms with van der Waals surface area (Å²) in [5.41, 5.74) is -5.39. The van der Waals surface area contributed by atoms with Gasteiger partial charge in [-0.25, -0.2) is 0 Å². The van der Waals surface area contributed by atoms with Crippen LogP contribution in [-0.2, 0) is 26.6 Å². The molecular formula is C26H56F6O9Si2. The van der Waals surface area contributed by atoms with Crippen LogP contribution in [0.4, 0.5) is 26.3 Å². The second kappa shape index (κ2) is 23.0. The van der Waals surface area contributed by atoms with Crippen LogP contribution >= 0.6 is 0 Å². The summed E-state index contributed by atoms with van der Waals surface area (Å²) >= 11 is 0. The molecule has 17 heteroatoms. The van der Waals surface area contributed by atoms with E-state index in [1.807, 2.05) is 0 Å². The Hall–Kier alpha value is -0.346. The molecule has 0 aliphatic rings. The van der Waals surface area contributed by atoms with Crippen molar-refractivity contribution in [3.05, 3.63) is 0 Å². The zero-order chi connectivity index (χ0) is 34.4. The van der Waals surface area contributed by atoms with E-state index in [9.17, 15) is 36.6 Å². The predicted octanol–water partition coefficient (Wildman–Crippen LogP) is 6.26. The van der Waals surface area contributed by atoms with E-state index in [0.29, 0.717) is 39.6 Å². The number of hydrogen-bond acceptors (Lipinski definition) is 9. The summed E-state index contributed by atoms with van der Waals surface area (Å²) < 4.78 is 109. The molecule has 0 spiro atoms. The first-order valence-corrected chi connectivity index (χ1v) is 18.6. The lowest BCUT2D eigenvalue weighted by molar-refractivity contribution is -0.255. The Morgan fingerprint density at radius 3 is 0.814 bits per heavy atom. The third-order valence-electron chi connectivity index (χ3n) is 5.70. The fourth-order valence-electron chi connectivity index (χ4n) is 3.58. The van der Waals surface area contributed by atoms with Gasteiger partial charge >= 0.3 is 30.0 Å². The molecule has 0 amide bonds. The maximum Gasteiger partial charge on any atom is 0.500 e. The molecule has 2 atom stereocenters. The molecule has 0 heterocycles. The van der Waals surface area contributed by atoms with E-state index in [1.165, 1.54) is 0 Å². The van der Waals surface area contributed by atoms with Gasteiger partial charge in [0.05, 0.1) is 0 Å². The molecular weight excluding hydrogens is 626 g/mol. The third-order valence-corrected chi connectivity index (χ3v) is 12.0. The molecule has 0 aromatic rings. The summed E-state index contributed by atoms with van der Waals surface area (Å²) in [6.07, 6.45) is -9.84. The molecule has 264 valence electrons. The molecule has 0 fully saturated rings. The maximum absolute atomic E-state index is 12.6. The molecule has 0 aliphatic carbocycles. The maximum atomic E-state index is 12.6. The van der Waals surface area contributed by atoms with Crippen LogP contribution in [-0.4, -0.2) is 103 Å². The van der Waals surface area contributed by atoms with E-state index < -0.39 is 54.0 Å².